The first-order chi connectivity index (χ1) is 17.0. The number of pyridine rings is 1. The third-order valence-electron chi connectivity index (χ3n) is 5.67. The number of rotatable bonds is 7. The fraction of sp³-hybridized carbons (Fsp3) is 0.154. The van der Waals surface area contributed by atoms with Gasteiger partial charge in [0.15, 0.2) is 0 Å². The number of benzene rings is 2. The van der Waals surface area contributed by atoms with Gasteiger partial charge in [0.1, 0.15) is 0 Å². The van der Waals surface area contributed by atoms with Gasteiger partial charge in [-0.15, -0.1) is 0 Å². The molecule has 0 aliphatic carbocycles. The maximum absolute atomic E-state index is 13.5. The van der Waals surface area contributed by atoms with E-state index in [0.29, 0.717) is 41.0 Å². The normalized spacial score (nSPS) is 11.4. The van der Waals surface area contributed by atoms with Gasteiger partial charge in [0.05, 0.1) is 40.7 Å². The maximum Gasteiger partial charge on any atom is 0.286 e. The minimum Gasteiger partial charge on any atom is -0.307 e. The Morgan fingerprint density at radius 1 is 1.00 bits per heavy atom. The molecule has 2 aromatic carbocycles. The van der Waals surface area contributed by atoms with Crippen molar-refractivity contribution in [1.29, 1.82) is 0 Å². The minimum absolute atomic E-state index is 0.236. The summed E-state index contributed by atoms with van der Waals surface area (Å²) in [6.45, 7) is 0.968. The summed E-state index contributed by atoms with van der Waals surface area (Å²) in [5.41, 5.74) is 2.92. The smallest absolute Gasteiger partial charge is 0.286 e. The van der Waals surface area contributed by atoms with Crippen molar-refractivity contribution in [3.8, 4) is 11.3 Å². The highest BCUT2D eigenvalue weighted by molar-refractivity contribution is 6.09. The Kier molecular flexibility index (Phi) is 6.09. The Balaban J connectivity index is 1.50. The molecule has 0 fully saturated rings. The Labute approximate surface area is 201 Å². The number of hydrogen-bond acceptors (Lipinski definition) is 6. The number of aromatic nitrogens is 4. The number of amides is 1. The van der Waals surface area contributed by atoms with Crippen LogP contribution in [0.15, 0.2) is 83.9 Å². The van der Waals surface area contributed by atoms with E-state index in [0.717, 1.165) is 10.9 Å². The van der Waals surface area contributed by atoms with E-state index < -0.39 is 0 Å². The molecule has 3 aromatic heterocycles. The van der Waals surface area contributed by atoms with Crippen molar-refractivity contribution in [3.63, 3.8) is 0 Å². The Morgan fingerprint density at radius 2 is 1.74 bits per heavy atom. The topological polar surface area (TPSA) is 95.8 Å². The molecular weight excluding hydrogens is 444 g/mol. The molecule has 3 heterocycles. The molecule has 0 bridgehead atoms. The highest BCUT2D eigenvalue weighted by Crippen LogP contribution is 2.27. The monoisotopic (exact) mass is 468 g/mol. The lowest BCUT2D eigenvalue weighted by Crippen LogP contribution is -2.33. The number of fused-ring (bicyclic) bond motifs is 2. The third kappa shape index (κ3) is 4.42. The predicted octanol–water partition coefficient (Wildman–Crippen LogP) is 3.38. The van der Waals surface area contributed by atoms with Gasteiger partial charge in [-0.25, -0.2) is 9.61 Å². The molecule has 0 saturated heterocycles. The lowest BCUT2D eigenvalue weighted by Gasteiger charge is -2.23. The van der Waals surface area contributed by atoms with Crippen molar-refractivity contribution in [2.24, 2.45) is 0 Å². The number of H-pyrrole nitrogens is 1. The van der Waals surface area contributed by atoms with Gasteiger partial charge in [-0.3, -0.25) is 14.4 Å². The minimum atomic E-state index is -0.315. The molecule has 1 N–H and O–H groups in total. The zero-order valence-corrected chi connectivity index (χ0v) is 19.4. The Bertz CT molecular complexity index is 1560. The molecule has 9 nitrogen and oxygen atoms in total. The fourth-order valence-corrected chi connectivity index (χ4v) is 3.86. The summed E-state index contributed by atoms with van der Waals surface area (Å²) in [4.78, 5) is 33.6. The number of hydrogen-bond donors (Lipinski definition) is 1. The SMILES string of the molecule is CN(C)CCON(C(=O)c1cnn2ccccc12)c1ccc(-c2n[nH]c(=O)c3ccccc23)cc1. The van der Waals surface area contributed by atoms with E-state index in [2.05, 4.69) is 15.3 Å². The van der Waals surface area contributed by atoms with Crippen LogP contribution in [0.1, 0.15) is 10.4 Å². The van der Waals surface area contributed by atoms with E-state index in [1.165, 1.54) is 5.06 Å². The first kappa shape index (κ1) is 22.5. The number of hydroxylamine groups is 1. The Hall–Kier alpha value is -4.34. The summed E-state index contributed by atoms with van der Waals surface area (Å²) < 4.78 is 1.65. The molecule has 5 aromatic rings. The molecular formula is C26H24N6O3. The Morgan fingerprint density at radius 3 is 2.51 bits per heavy atom. The number of carbonyl (C=O) groups is 1. The second-order valence-electron chi connectivity index (χ2n) is 8.32. The van der Waals surface area contributed by atoms with Crippen LogP contribution in [0.4, 0.5) is 5.69 Å². The number of carbonyl (C=O) groups excluding carboxylic acids is 1. The van der Waals surface area contributed by atoms with Crippen molar-refractivity contribution in [2.75, 3.05) is 32.3 Å². The molecule has 0 radical (unpaired) electrons. The van der Waals surface area contributed by atoms with Crippen molar-refractivity contribution in [1.82, 2.24) is 24.7 Å². The highest BCUT2D eigenvalue weighted by Gasteiger charge is 2.23. The molecule has 5 rings (SSSR count). The van der Waals surface area contributed by atoms with Gasteiger partial charge >= 0.3 is 0 Å². The molecule has 9 heteroatoms. The highest BCUT2D eigenvalue weighted by atomic mass is 16.7. The standard InChI is InChI=1S/C26H24N6O3/c1-30(2)15-16-35-32(26(34)22-17-27-31-14-6-5-9-23(22)31)19-12-10-18(11-13-19)24-20-7-3-4-8-21(20)25(33)29-28-24/h3-14,17H,15-16H2,1-2H3,(H,29,33). The van der Waals surface area contributed by atoms with Crippen molar-refractivity contribution >= 4 is 27.9 Å². The molecule has 0 atom stereocenters. The zero-order chi connectivity index (χ0) is 24.4. The number of nitrogens with one attached hydrogen (secondary N) is 1. The second-order valence-corrected chi connectivity index (χ2v) is 8.32. The molecule has 0 aliphatic heterocycles. The first-order valence-corrected chi connectivity index (χ1v) is 11.2. The molecule has 1 amide bonds. The molecule has 0 spiro atoms. The summed E-state index contributed by atoms with van der Waals surface area (Å²) in [7, 11) is 3.88. The summed E-state index contributed by atoms with van der Waals surface area (Å²) in [5.74, 6) is -0.315. The van der Waals surface area contributed by atoms with Crippen LogP contribution in [-0.2, 0) is 4.84 Å². The average Bonchev–Trinajstić information content (AvgIpc) is 3.31. The van der Waals surface area contributed by atoms with E-state index in [4.69, 9.17) is 4.84 Å². The summed E-state index contributed by atoms with van der Waals surface area (Å²) in [6, 6.07) is 20.2. The lowest BCUT2D eigenvalue weighted by molar-refractivity contribution is 0.0610. The summed E-state index contributed by atoms with van der Waals surface area (Å²) >= 11 is 0. The average molecular weight is 469 g/mol. The van der Waals surface area contributed by atoms with Gasteiger partial charge in [-0.05, 0) is 44.4 Å². The fourth-order valence-electron chi connectivity index (χ4n) is 3.86. The van der Waals surface area contributed by atoms with Crippen molar-refractivity contribution in [3.05, 3.63) is 95.0 Å². The third-order valence-corrected chi connectivity index (χ3v) is 5.67. The number of anilines is 1. The molecule has 35 heavy (non-hydrogen) atoms. The number of aromatic amines is 1. The molecule has 0 unspecified atom stereocenters. The zero-order valence-electron chi connectivity index (χ0n) is 19.4. The first-order valence-electron chi connectivity index (χ1n) is 11.2. The molecule has 176 valence electrons. The van der Waals surface area contributed by atoms with Gasteiger partial charge in [0, 0.05) is 23.7 Å². The maximum atomic E-state index is 13.5. The van der Waals surface area contributed by atoms with Crippen LogP contribution < -0.4 is 10.6 Å². The van der Waals surface area contributed by atoms with Crippen LogP contribution in [-0.4, -0.2) is 57.9 Å². The van der Waals surface area contributed by atoms with Crippen molar-refractivity contribution < 1.29 is 9.63 Å². The molecule has 0 aliphatic rings. The largest absolute Gasteiger partial charge is 0.307 e. The van der Waals surface area contributed by atoms with Crippen LogP contribution in [0.25, 0.3) is 27.5 Å². The predicted molar refractivity (Wildman–Crippen MR) is 134 cm³/mol. The summed E-state index contributed by atoms with van der Waals surface area (Å²) in [5, 5.41) is 13.7. The lowest BCUT2D eigenvalue weighted by atomic mass is 10.0. The van der Waals surface area contributed by atoms with E-state index in [-0.39, 0.29) is 11.5 Å². The second kappa shape index (κ2) is 9.49. The van der Waals surface area contributed by atoms with Crippen molar-refractivity contribution in [2.45, 2.75) is 0 Å². The molecule has 0 saturated carbocycles. The number of nitrogens with zero attached hydrogens (tertiary/aromatic N) is 5. The van der Waals surface area contributed by atoms with Gasteiger partial charge in [0.2, 0.25) is 0 Å². The van der Waals surface area contributed by atoms with Gasteiger partial charge in [0.25, 0.3) is 11.5 Å². The van der Waals surface area contributed by atoms with Crippen LogP contribution in [0.3, 0.4) is 0 Å². The number of likely N-dealkylation sites (N-methyl/N-ethyl adjacent to an activating group) is 1. The van der Waals surface area contributed by atoms with Gasteiger partial charge in [-0.2, -0.15) is 15.3 Å². The van der Waals surface area contributed by atoms with Crippen LogP contribution >= 0.6 is 0 Å². The van der Waals surface area contributed by atoms with E-state index >= 15 is 0 Å². The van der Waals surface area contributed by atoms with E-state index in [9.17, 15) is 9.59 Å². The summed E-state index contributed by atoms with van der Waals surface area (Å²) in [6.07, 6.45) is 3.34. The quantitative estimate of drug-likeness (QED) is 0.368. The van der Waals surface area contributed by atoms with Crippen LogP contribution in [0.2, 0.25) is 0 Å². The van der Waals surface area contributed by atoms with E-state index in [1.54, 1.807) is 35.1 Å². The van der Waals surface area contributed by atoms with Crippen LogP contribution in [0, 0.1) is 0 Å². The van der Waals surface area contributed by atoms with Gasteiger partial charge < -0.3 is 4.90 Å². The van der Waals surface area contributed by atoms with Crippen LogP contribution in [0.5, 0.6) is 0 Å². The van der Waals surface area contributed by atoms with Gasteiger partial charge in [-0.1, -0.05) is 36.4 Å². The van der Waals surface area contributed by atoms with E-state index in [1.807, 2.05) is 67.5 Å².